The van der Waals surface area contributed by atoms with Crippen LogP contribution in [-0.2, 0) is 10.0 Å². The fourth-order valence-electron chi connectivity index (χ4n) is 2.82. The number of benzene rings is 1. The first-order chi connectivity index (χ1) is 13.4. The van der Waals surface area contributed by atoms with Gasteiger partial charge in [0.15, 0.2) is 6.23 Å². The van der Waals surface area contributed by atoms with Crippen LogP contribution in [0.2, 0.25) is 15.5 Å². The molecule has 3 rings (SSSR count). The summed E-state index contributed by atoms with van der Waals surface area (Å²) in [7, 11) is -1.51. The van der Waals surface area contributed by atoms with Gasteiger partial charge in [-0.3, -0.25) is 0 Å². The van der Waals surface area contributed by atoms with Crippen LogP contribution in [0.4, 0.5) is 8.78 Å². The highest BCUT2D eigenvalue weighted by Gasteiger charge is 2.54. The number of nitrogens with one attached hydrogen (secondary N) is 1. The molecule has 2 aromatic rings. The van der Waals surface area contributed by atoms with E-state index in [0.29, 0.717) is 0 Å². The number of hydrogen-bond donors (Lipinski definition) is 2. The molecule has 4 atom stereocenters. The highest BCUT2D eigenvalue weighted by Crippen LogP contribution is 2.57. The molecule has 1 fully saturated rings. The van der Waals surface area contributed by atoms with E-state index in [1.54, 1.807) is 0 Å². The van der Waals surface area contributed by atoms with E-state index in [9.17, 15) is 22.3 Å². The third-order valence-electron chi connectivity index (χ3n) is 4.37. The van der Waals surface area contributed by atoms with Crippen molar-refractivity contribution in [3.05, 3.63) is 39.4 Å². The lowest BCUT2D eigenvalue weighted by atomic mass is 10.3. The van der Waals surface area contributed by atoms with Crippen LogP contribution in [0.5, 0.6) is 5.75 Å². The second kappa shape index (κ2) is 8.07. The first-order valence-electron chi connectivity index (χ1n) is 8.00. The van der Waals surface area contributed by atoms with Crippen LogP contribution in [0.1, 0.15) is 24.4 Å². The van der Waals surface area contributed by atoms with Crippen molar-refractivity contribution >= 4 is 54.1 Å². The van der Waals surface area contributed by atoms with E-state index in [0.717, 1.165) is 4.57 Å². The van der Waals surface area contributed by atoms with E-state index in [1.165, 1.54) is 34.5 Å². The minimum absolute atomic E-state index is 0.104. The van der Waals surface area contributed by atoms with Crippen LogP contribution in [0.25, 0.3) is 0 Å². The van der Waals surface area contributed by atoms with Gasteiger partial charge in [-0.25, -0.2) is 22.2 Å². The molecule has 1 heterocycles. The summed E-state index contributed by atoms with van der Waals surface area (Å²) >= 11 is 18.1. The predicted molar refractivity (Wildman–Crippen MR) is 107 cm³/mol. The average Bonchev–Trinajstić information content (AvgIpc) is 3.34. The Morgan fingerprint density at radius 3 is 2.62 bits per heavy atom. The molecule has 1 aliphatic carbocycles. The summed E-state index contributed by atoms with van der Waals surface area (Å²) in [4.78, 5) is 3.49. The SMILES string of the molecule is COc1ccc(Cl)c(S(=O)(=O)NC(O)c2nc(Cl)n(C3CC3C(F)(F)P)c2Cl)c1. The Kier molecular flexibility index (Phi) is 6.38. The molecule has 1 saturated carbocycles. The molecule has 7 nitrogen and oxygen atoms in total. The van der Waals surface area contributed by atoms with Crippen LogP contribution in [0, 0.1) is 5.92 Å². The van der Waals surface area contributed by atoms with Gasteiger partial charge in [0.25, 0.3) is 5.66 Å². The van der Waals surface area contributed by atoms with Crippen LogP contribution >= 0.6 is 44.0 Å². The summed E-state index contributed by atoms with van der Waals surface area (Å²) in [6.45, 7) is 0. The summed E-state index contributed by atoms with van der Waals surface area (Å²) in [6, 6.07) is 3.22. The monoisotopic (exact) mass is 507 g/mol. The average molecular weight is 509 g/mol. The van der Waals surface area contributed by atoms with Gasteiger partial charge in [-0.2, -0.15) is 4.72 Å². The maximum Gasteiger partial charge on any atom is 0.263 e. The third kappa shape index (κ3) is 4.63. The number of aromatic nitrogens is 2. The van der Waals surface area contributed by atoms with Crippen molar-refractivity contribution in [2.45, 2.75) is 29.2 Å². The zero-order valence-electron chi connectivity index (χ0n) is 14.6. The number of alkyl halides is 2. The van der Waals surface area contributed by atoms with Crippen molar-refractivity contribution in [2.24, 2.45) is 5.92 Å². The fourth-order valence-corrected chi connectivity index (χ4v) is 5.43. The predicted octanol–water partition coefficient (Wildman–Crippen LogP) is 3.85. The van der Waals surface area contributed by atoms with Crippen molar-refractivity contribution < 1.29 is 27.0 Å². The molecule has 0 bridgehead atoms. The maximum atomic E-state index is 13.5. The molecule has 1 aromatic heterocycles. The van der Waals surface area contributed by atoms with Gasteiger partial charge in [-0.1, -0.05) is 32.4 Å². The quantitative estimate of drug-likeness (QED) is 0.438. The van der Waals surface area contributed by atoms with Gasteiger partial charge in [0.1, 0.15) is 21.5 Å². The maximum absolute atomic E-state index is 13.5. The Bertz CT molecular complexity index is 1050. The molecule has 1 aromatic carbocycles. The standard InChI is InChI=1S/C15H15Cl3F2N3O4PS/c1-27-6-2-3-8(16)10(4-6)29(25,26)22-13(24)11-12(17)23(14(18)21-11)9-5-7(9)15(19,20)28/h2-4,7,9,13,22,24H,5,28H2,1H3. The first kappa shape index (κ1) is 22.9. The summed E-state index contributed by atoms with van der Waals surface area (Å²) in [5, 5.41) is 9.75. The van der Waals surface area contributed by atoms with Crippen LogP contribution < -0.4 is 9.46 Å². The number of imidazole rings is 1. The van der Waals surface area contributed by atoms with Gasteiger partial charge < -0.3 is 14.4 Å². The zero-order valence-corrected chi connectivity index (χ0v) is 18.9. The molecular weight excluding hydrogens is 494 g/mol. The third-order valence-corrected chi connectivity index (χ3v) is 7.33. The van der Waals surface area contributed by atoms with Gasteiger partial charge in [-0.05, 0) is 30.2 Å². The summed E-state index contributed by atoms with van der Waals surface area (Å²) < 4.78 is 60.2. The largest absolute Gasteiger partial charge is 0.497 e. The van der Waals surface area contributed by atoms with E-state index in [-0.39, 0.29) is 38.2 Å². The number of nitrogens with zero attached hydrogens (tertiary/aromatic N) is 2. The fraction of sp³-hybridized carbons (Fsp3) is 0.400. The molecule has 29 heavy (non-hydrogen) atoms. The minimum Gasteiger partial charge on any atom is -0.497 e. The summed E-state index contributed by atoms with van der Waals surface area (Å²) in [6.07, 6.45) is -1.80. The minimum atomic E-state index is -4.32. The smallest absolute Gasteiger partial charge is 0.263 e. The Labute approximate surface area is 182 Å². The lowest BCUT2D eigenvalue weighted by Crippen LogP contribution is -2.29. The van der Waals surface area contributed by atoms with Crippen molar-refractivity contribution in [2.75, 3.05) is 7.11 Å². The molecule has 2 N–H and O–H groups in total. The van der Waals surface area contributed by atoms with Crippen molar-refractivity contribution in [3.8, 4) is 5.75 Å². The van der Waals surface area contributed by atoms with E-state index < -0.39 is 33.9 Å². The van der Waals surface area contributed by atoms with Crippen molar-refractivity contribution in [1.29, 1.82) is 0 Å². The number of halogens is 5. The summed E-state index contributed by atoms with van der Waals surface area (Å²) in [5.41, 5.74) is -3.34. The number of hydrogen-bond acceptors (Lipinski definition) is 5. The molecule has 0 spiro atoms. The number of sulfonamides is 1. The van der Waals surface area contributed by atoms with Gasteiger partial charge in [0.2, 0.25) is 15.3 Å². The highest BCUT2D eigenvalue weighted by molar-refractivity contribution is 7.89. The van der Waals surface area contributed by atoms with Gasteiger partial charge in [0, 0.05) is 18.0 Å². The van der Waals surface area contributed by atoms with Crippen molar-refractivity contribution in [1.82, 2.24) is 14.3 Å². The van der Waals surface area contributed by atoms with Crippen LogP contribution in [-0.4, -0.2) is 35.8 Å². The van der Waals surface area contributed by atoms with E-state index in [2.05, 4.69) is 4.98 Å². The molecule has 160 valence electrons. The van der Waals surface area contributed by atoms with Crippen LogP contribution in [0.15, 0.2) is 23.1 Å². The number of aliphatic hydroxyl groups is 1. The van der Waals surface area contributed by atoms with Gasteiger partial charge in [0.05, 0.1) is 12.1 Å². The second-order valence-electron chi connectivity index (χ2n) is 6.33. The molecule has 14 heteroatoms. The lowest BCUT2D eigenvalue weighted by Gasteiger charge is -2.14. The number of aliphatic hydroxyl groups excluding tert-OH is 1. The number of methoxy groups -OCH3 is 1. The Morgan fingerprint density at radius 2 is 2.07 bits per heavy atom. The molecule has 1 aliphatic rings. The number of rotatable bonds is 7. The molecule has 4 unspecified atom stereocenters. The summed E-state index contributed by atoms with van der Waals surface area (Å²) in [5.74, 6) is -0.790. The Balaban J connectivity index is 1.87. The highest BCUT2D eigenvalue weighted by atomic mass is 35.5. The zero-order chi connectivity index (χ0) is 21.7. The Hall–Kier alpha value is -0.740. The molecular formula is C15H15Cl3F2N3O4PS. The molecule has 0 amide bonds. The second-order valence-corrected chi connectivity index (χ2v) is 9.89. The van der Waals surface area contributed by atoms with E-state index >= 15 is 0 Å². The van der Waals surface area contributed by atoms with E-state index in [1.807, 2.05) is 4.72 Å². The molecule has 0 saturated heterocycles. The molecule has 0 radical (unpaired) electrons. The number of ether oxygens (including phenoxy) is 1. The normalized spacial score (nSPS) is 20.6. The van der Waals surface area contributed by atoms with Gasteiger partial charge >= 0.3 is 0 Å². The lowest BCUT2D eigenvalue weighted by molar-refractivity contribution is 0.0737. The Morgan fingerprint density at radius 1 is 1.41 bits per heavy atom. The first-order valence-corrected chi connectivity index (χ1v) is 11.2. The van der Waals surface area contributed by atoms with E-state index in [4.69, 9.17) is 39.5 Å². The topological polar surface area (TPSA) is 93.5 Å². The van der Waals surface area contributed by atoms with Gasteiger partial charge in [-0.15, -0.1) is 0 Å². The van der Waals surface area contributed by atoms with Crippen molar-refractivity contribution in [3.63, 3.8) is 0 Å². The molecule has 0 aliphatic heterocycles. The van der Waals surface area contributed by atoms with Crippen LogP contribution in [0.3, 0.4) is 0 Å².